The summed E-state index contributed by atoms with van der Waals surface area (Å²) < 4.78 is 0. The van der Waals surface area contributed by atoms with Gasteiger partial charge in [0, 0.05) is 0 Å². The number of fused-ring (bicyclic) bond motifs is 1. The minimum atomic E-state index is 0.895. The van der Waals surface area contributed by atoms with E-state index < -0.39 is 0 Å². The van der Waals surface area contributed by atoms with Gasteiger partial charge in [-0.15, -0.1) is 0 Å². The van der Waals surface area contributed by atoms with Crippen LogP contribution < -0.4 is 5.32 Å². The summed E-state index contributed by atoms with van der Waals surface area (Å²) in [6, 6.07) is 0. The van der Waals surface area contributed by atoms with Gasteiger partial charge < -0.3 is 10.2 Å². The average Bonchev–Trinajstić information content (AvgIpc) is 2.33. The van der Waals surface area contributed by atoms with Crippen LogP contribution in [0.2, 0.25) is 0 Å². The summed E-state index contributed by atoms with van der Waals surface area (Å²) in [5.41, 5.74) is 0. The van der Waals surface area contributed by atoms with Gasteiger partial charge in [0.05, 0.1) is 0 Å². The number of rotatable bonds is 0. The normalized spacial score (nSPS) is 41.7. The zero-order chi connectivity index (χ0) is 6.97. The van der Waals surface area contributed by atoms with Crippen molar-refractivity contribution in [3.8, 4) is 0 Å². The summed E-state index contributed by atoms with van der Waals surface area (Å²) in [4.78, 5) is 2.20. The van der Waals surface area contributed by atoms with E-state index in [2.05, 4.69) is 17.3 Å². The Morgan fingerprint density at radius 1 is 1.30 bits per heavy atom. The van der Waals surface area contributed by atoms with Gasteiger partial charge in [-0.25, -0.2) is 0 Å². The molecule has 0 aliphatic carbocycles. The minimum Gasteiger partial charge on any atom is -0.459 e. The molecule has 2 heterocycles. The second-order valence-electron chi connectivity index (χ2n) is 3.54. The lowest BCUT2D eigenvalue weighted by atomic mass is 9.89. The van der Waals surface area contributed by atoms with Crippen molar-refractivity contribution < 1.29 is 0 Å². The maximum absolute atomic E-state index is 3.96. The van der Waals surface area contributed by atoms with E-state index in [4.69, 9.17) is 0 Å². The van der Waals surface area contributed by atoms with Crippen molar-refractivity contribution in [2.45, 2.75) is 6.42 Å². The molecule has 0 radical (unpaired) electrons. The van der Waals surface area contributed by atoms with Crippen LogP contribution in [0.4, 0.5) is 0 Å². The fraction of sp³-hybridized carbons (Fsp3) is 0.875. The Morgan fingerprint density at radius 2 is 2.10 bits per heavy atom. The third-order valence-corrected chi connectivity index (χ3v) is 2.79. The van der Waals surface area contributed by atoms with E-state index in [9.17, 15) is 0 Å². The molecule has 1 N–H and O–H groups in total. The van der Waals surface area contributed by atoms with Crippen molar-refractivity contribution in [1.82, 2.24) is 10.2 Å². The Balaban J connectivity index is 1.96. The van der Waals surface area contributed by atoms with Crippen LogP contribution in [0.1, 0.15) is 6.42 Å². The predicted molar refractivity (Wildman–Crippen MR) is 41.4 cm³/mol. The molecule has 2 rings (SSSR count). The standard InChI is InChI=1S/C8H15N2/c1-10-3-2-7-4-9-5-8(7)6-10/h7-9H,1-6H2/q-1/t7-,8-/m1/s1. The van der Waals surface area contributed by atoms with Gasteiger partial charge in [0.25, 0.3) is 0 Å². The maximum atomic E-state index is 3.96. The minimum absolute atomic E-state index is 0.895. The number of nitrogens with zero attached hydrogens (tertiary/aromatic N) is 1. The highest BCUT2D eigenvalue weighted by molar-refractivity contribution is 4.87. The van der Waals surface area contributed by atoms with Gasteiger partial charge in [-0.3, -0.25) is 7.05 Å². The predicted octanol–water partition coefficient (Wildman–Crippen LogP) is 0.319. The quantitative estimate of drug-likeness (QED) is 0.486. The summed E-state index contributed by atoms with van der Waals surface area (Å²) in [5, 5.41) is 3.43. The molecule has 2 saturated heterocycles. The Labute approximate surface area is 62.6 Å². The van der Waals surface area contributed by atoms with Crippen molar-refractivity contribution in [3.63, 3.8) is 0 Å². The third kappa shape index (κ3) is 1.06. The molecule has 2 nitrogen and oxygen atoms in total. The van der Waals surface area contributed by atoms with Crippen molar-refractivity contribution in [3.05, 3.63) is 7.05 Å². The average molecular weight is 139 g/mol. The van der Waals surface area contributed by atoms with Crippen LogP contribution in [0.15, 0.2) is 0 Å². The van der Waals surface area contributed by atoms with Gasteiger partial charge >= 0.3 is 0 Å². The van der Waals surface area contributed by atoms with E-state index in [1.807, 2.05) is 0 Å². The van der Waals surface area contributed by atoms with Crippen LogP contribution in [0.5, 0.6) is 0 Å². The topological polar surface area (TPSA) is 15.3 Å². The van der Waals surface area contributed by atoms with Gasteiger partial charge in [-0.05, 0) is 44.4 Å². The second-order valence-corrected chi connectivity index (χ2v) is 3.54. The molecule has 58 valence electrons. The SMILES string of the molecule is [CH2-]N1CC[C@@H]2CNC[C@@H]2C1. The molecule has 0 aromatic heterocycles. The monoisotopic (exact) mass is 139 g/mol. The highest BCUT2D eigenvalue weighted by Gasteiger charge is 2.29. The lowest BCUT2D eigenvalue weighted by Crippen LogP contribution is -2.36. The third-order valence-electron chi connectivity index (χ3n) is 2.79. The molecule has 0 amide bonds. The number of hydrogen-bond donors (Lipinski definition) is 1. The first-order valence-electron chi connectivity index (χ1n) is 4.12. The van der Waals surface area contributed by atoms with E-state index in [1.54, 1.807) is 0 Å². The molecule has 0 spiro atoms. The molecular formula is C8H15N2-. The summed E-state index contributed by atoms with van der Waals surface area (Å²) >= 11 is 0. The molecular weight excluding hydrogens is 124 g/mol. The Bertz CT molecular complexity index is 124. The maximum Gasteiger partial charge on any atom is -0.000593 e. The van der Waals surface area contributed by atoms with Gasteiger partial charge in [0.2, 0.25) is 0 Å². The van der Waals surface area contributed by atoms with E-state index >= 15 is 0 Å². The van der Waals surface area contributed by atoms with E-state index in [1.165, 1.54) is 32.6 Å². The molecule has 2 atom stereocenters. The zero-order valence-corrected chi connectivity index (χ0v) is 6.34. The first-order valence-corrected chi connectivity index (χ1v) is 4.12. The lowest BCUT2D eigenvalue weighted by Gasteiger charge is -2.37. The molecule has 10 heavy (non-hydrogen) atoms. The van der Waals surface area contributed by atoms with E-state index in [-0.39, 0.29) is 0 Å². The molecule has 2 heteroatoms. The summed E-state index contributed by atoms with van der Waals surface area (Å²) in [7, 11) is 3.96. The van der Waals surface area contributed by atoms with Crippen LogP contribution in [0.3, 0.4) is 0 Å². The van der Waals surface area contributed by atoms with Gasteiger partial charge in [-0.1, -0.05) is 0 Å². The van der Waals surface area contributed by atoms with Crippen molar-refractivity contribution in [2.75, 3.05) is 26.2 Å². The Kier molecular flexibility index (Phi) is 1.66. The number of likely N-dealkylation sites (tertiary alicyclic amines) is 1. The van der Waals surface area contributed by atoms with Gasteiger partial charge in [0.1, 0.15) is 0 Å². The fourth-order valence-electron chi connectivity index (χ4n) is 2.11. The van der Waals surface area contributed by atoms with E-state index in [0.29, 0.717) is 0 Å². The molecule has 0 bridgehead atoms. The zero-order valence-electron chi connectivity index (χ0n) is 6.34. The summed E-state index contributed by atoms with van der Waals surface area (Å²) in [6.45, 7) is 4.87. The van der Waals surface area contributed by atoms with Crippen molar-refractivity contribution >= 4 is 0 Å². The lowest BCUT2D eigenvalue weighted by molar-refractivity contribution is 0.196. The summed E-state index contributed by atoms with van der Waals surface area (Å²) in [5.74, 6) is 1.85. The largest absolute Gasteiger partial charge is 0.459 e. The van der Waals surface area contributed by atoms with Crippen LogP contribution in [-0.2, 0) is 0 Å². The molecule has 0 aromatic carbocycles. The number of hydrogen-bond acceptors (Lipinski definition) is 2. The smallest absolute Gasteiger partial charge is 0.000593 e. The first-order chi connectivity index (χ1) is 4.86. The highest BCUT2D eigenvalue weighted by Crippen LogP contribution is 2.25. The second kappa shape index (κ2) is 2.51. The molecule has 2 aliphatic heterocycles. The van der Waals surface area contributed by atoms with Crippen molar-refractivity contribution in [2.24, 2.45) is 11.8 Å². The number of piperidine rings is 1. The molecule has 2 aliphatic rings. The molecule has 0 saturated carbocycles. The molecule has 0 aromatic rings. The van der Waals surface area contributed by atoms with Crippen molar-refractivity contribution in [1.29, 1.82) is 0 Å². The van der Waals surface area contributed by atoms with Crippen LogP contribution in [0.25, 0.3) is 0 Å². The Hall–Kier alpha value is -0.0800. The first kappa shape index (κ1) is 6.62. The van der Waals surface area contributed by atoms with Crippen LogP contribution >= 0.6 is 0 Å². The number of nitrogens with one attached hydrogen (secondary N) is 1. The van der Waals surface area contributed by atoms with Crippen LogP contribution in [-0.4, -0.2) is 31.1 Å². The van der Waals surface area contributed by atoms with Gasteiger partial charge in [0.15, 0.2) is 0 Å². The van der Waals surface area contributed by atoms with E-state index in [0.717, 1.165) is 11.8 Å². The Morgan fingerprint density at radius 3 is 3.00 bits per heavy atom. The molecule has 0 unspecified atom stereocenters. The molecule has 2 fully saturated rings. The van der Waals surface area contributed by atoms with Crippen LogP contribution in [0, 0.1) is 18.9 Å². The highest BCUT2D eigenvalue weighted by atomic mass is 15.1. The summed E-state index contributed by atoms with van der Waals surface area (Å²) in [6.07, 6.45) is 1.35. The fourth-order valence-corrected chi connectivity index (χ4v) is 2.11. The van der Waals surface area contributed by atoms with Gasteiger partial charge in [-0.2, -0.15) is 0 Å².